The Kier molecular flexibility index (Phi) is 4.98. The van der Waals surface area contributed by atoms with E-state index < -0.39 is 11.7 Å². The molecule has 0 radical (unpaired) electrons. The molecule has 28 heavy (non-hydrogen) atoms. The van der Waals surface area contributed by atoms with Crippen LogP contribution in [0.3, 0.4) is 0 Å². The van der Waals surface area contributed by atoms with Crippen LogP contribution in [-0.4, -0.2) is 16.0 Å². The predicted octanol–water partition coefficient (Wildman–Crippen LogP) is 5.39. The number of amides is 1. The number of halogens is 2. The summed E-state index contributed by atoms with van der Waals surface area (Å²) in [4.78, 5) is 16.8. The summed E-state index contributed by atoms with van der Waals surface area (Å²) in [6.07, 6.45) is 0. The highest BCUT2D eigenvalue weighted by Crippen LogP contribution is 2.36. The molecule has 0 saturated heterocycles. The van der Waals surface area contributed by atoms with Gasteiger partial charge in [-0.1, -0.05) is 35.9 Å². The Labute approximate surface area is 169 Å². The van der Waals surface area contributed by atoms with E-state index in [1.54, 1.807) is 24.3 Å². The van der Waals surface area contributed by atoms with Crippen molar-refractivity contribution < 1.29 is 14.3 Å². The van der Waals surface area contributed by atoms with Crippen LogP contribution in [0.4, 0.5) is 4.39 Å². The number of nitrogens with one attached hydrogen (secondary N) is 1. The van der Waals surface area contributed by atoms with Crippen molar-refractivity contribution in [1.82, 2.24) is 10.3 Å². The van der Waals surface area contributed by atoms with Gasteiger partial charge in [-0.15, -0.1) is 11.3 Å². The quantitative estimate of drug-likeness (QED) is 0.472. The molecule has 0 unspecified atom stereocenters. The number of carbonyl (C=O) groups excluding carboxylic acids is 1. The molecule has 0 fully saturated rings. The summed E-state index contributed by atoms with van der Waals surface area (Å²) >= 11 is 7.18. The molecule has 0 aliphatic heterocycles. The number of thiazole rings is 1. The van der Waals surface area contributed by atoms with Gasteiger partial charge in [0, 0.05) is 11.6 Å². The SMILES string of the molecule is O=C(NCc1ccc(Cl)cc1)c1cc(O)c(-c2nc3ccccc3s2)cc1F. The minimum absolute atomic E-state index is 0.197. The number of phenols is 1. The lowest BCUT2D eigenvalue weighted by atomic mass is 10.1. The summed E-state index contributed by atoms with van der Waals surface area (Å²) in [6.45, 7) is 0.218. The zero-order valence-corrected chi connectivity index (χ0v) is 16.0. The first-order valence-electron chi connectivity index (χ1n) is 8.42. The van der Waals surface area contributed by atoms with Gasteiger partial charge in [0.05, 0.1) is 21.3 Å². The van der Waals surface area contributed by atoms with Gasteiger partial charge in [-0.3, -0.25) is 4.79 Å². The summed E-state index contributed by atoms with van der Waals surface area (Å²) in [5.74, 6) is -1.53. The summed E-state index contributed by atoms with van der Waals surface area (Å²) in [5, 5.41) is 14.1. The number of phenolic OH excluding ortho intramolecular Hbond substituents is 1. The van der Waals surface area contributed by atoms with Crippen molar-refractivity contribution in [3.05, 3.63) is 82.6 Å². The molecule has 0 spiro atoms. The van der Waals surface area contributed by atoms with Gasteiger partial charge in [-0.05, 0) is 42.0 Å². The van der Waals surface area contributed by atoms with E-state index in [4.69, 9.17) is 11.6 Å². The van der Waals surface area contributed by atoms with Gasteiger partial charge in [0.25, 0.3) is 5.91 Å². The van der Waals surface area contributed by atoms with Gasteiger partial charge < -0.3 is 10.4 Å². The number of rotatable bonds is 4. The van der Waals surface area contributed by atoms with E-state index in [1.165, 1.54) is 11.3 Å². The second-order valence-corrected chi connectivity index (χ2v) is 7.61. The highest BCUT2D eigenvalue weighted by atomic mass is 35.5. The Hall–Kier alpha value is -2.96. The number of aromatic nitrogens is 1. The lowest BCUT2D eigenvalue weighted by Gasteiger charge is -2.09. The first-order valence-corrected chi connectivity index (χ1v) is 9.62. The van der Waals surface area contributed by atoms with Crippen LogP contribution in [0.15, 0.2) is 60.7 Å². The van der Waals surface area contributed by atoms with E-state index in [2.05, 4.69) is 10.3 Å². The highest BCUT2D eigenvalue weighted by Gasteiger charge is 2.18. The molecule has 0 saturated carbocycles. The Bertz CT molecular complexity index is 1140. The summed E-state index contributed by atoms with van der Waals surface area (Å²) in [6, 6.07) is 16.7. The second-order valence-electron chi connectivity index (χ2n) is 6.15. The molecule has 7 heteroatoms. The average molecular weight is 413 g/mol. The topological polar surface area (TPSA) is 62.2 Å². The third-order valence-corrected chi connectivity index (χ3v) is 5.54. The van der Waals surface area contributed by atoms with Crippen LogP contribution in [0.1, 0.15) is 15.9 Å². The number of benzene rings is 3. The number of hydrogen-bond donors (Lipinski definition) is 2. The molecule has 0 atom stereocenters. The van der Waals surface area contributed by atoms with Crippen LogP contribution >= 0.6 is 22.9 Å². The number of nitrogens with zero attached hydrogens (tertiary/aromatic N) is 1. The zero-order chi connectivity index (χ0) is 19.7. The van der Waals surface area contributed by atoms with Gasteiger partial charge in [0.15, 0.2) is 0 Å². The molecule has 2 N–H and O–H groups in total. The van der Waals surface area contributed by atoms with Gasteiger partial charge in [-0.25, -0.2) is 9.37 Å². The summed E-state index contributed by atoms with van der Waals surface area (Å²) < 4.78 is 15.5. The molecule has 0 bridgehead atoms. The predicted molar refractivity (Wildman–Crippen MR) is 109 cm³/mol. The van der Waals surface area contributed by atoms with E-state index in [0.29, 0.717) is 10.0 Å². The fourth-order valence-corrected chi connectivity index (χ4v) is 3.89. The molecule has 4 rings (SSSR count). The van der Waals surface area contributed by atoms with Gasteiger partial charge in [-0.2, -0.15) is 0 Å². The monoisotopic (exact) mass is 412 g/mol. The van der Waals surface area contributed by atoms with Gasteiger partial charge >= 0.3 is 0 Å². The van der Waals surface area contributed by atoms with E-state index in [0.717, 1.165) is 27.9 Å². The van der Waals surface area contributed by atoms with E-state index in [-0.39, 0.29) is 23.4 Å². The Balaban J connectivity index is 1.58. The minimum Gasteiger partial charge on any atom is -0.507 e. The smallest absolute Gasteiger partial charge is 0.254 e. The molecule has 4 aromatic rings. The summed E-state index contributed by atoms with van der Waals surface area (Å²) in [7, 11) is 0. The van der Waals surface area contributed by atoms with E-state index in [1.807, 2.05) is 24.3 Å². The maximum atomic E-state index is 14.6. The average Bonchev–Trinajstić information content (AvgIpc) is 3.12. The van der Waals surface area contributed by atoms with Gasteiger partial charge in [0.2, 0.25) is 0 Å². The van der Waals surface area contributed by atoms with E-state index >= 15 is 0 Å². The molecule has 1 amide bonds. The van der Waals surface area contributed by atoms with Crippen LogP contribution < -0.4 is 5.32 Å². The molecule has 1 aromatic heterocycles. The molecular formula is C21H14ClFN2O2S. The van der Waals surface area contributed by atoms with Gasteiger partial charge in [0.1, 0.15) is 16.6 Å². The Morgan fingerprint density at radius 3 is 2.64 bits per heavy atom. The largest absolute Gasteiger partial charge is 0.507 e. The van der Waals surface area contributed by atoms with E-state index in [9.17, 15) is 14.3 Å². The molecular weight excluding hydrogens is 399 g/mol. The van der Waals surface area contributed by atoms with Crippen LogP contribution in [-0.2, 0) is 6.54 Å². The number of carbonyl (C=O) groups is 1. The van der Waals surface area contributed by atoms with Crippen molar-refractivity contribution in [2.45, 2.75) is 6.54 Å². The van der Waals surface area contributed by atoms with Crippen LogP contribution in [0.25, 0.3) is 20.8 Å². The fraction of sp³-hybridized carbons (Fsp3) is 0.0476. The third kappa shape index (κ3) is 3.69. The van der Waals surface area contributed by atoms with Crippen molar-refractivity contribution in [3.63, 3.8) is 0 Å². The maximum Gasteiger partial charge on any atom is 0.254 e. The maximum absolute atomic E-state index is 14.6. The van der Waals surface area contributed by atoms with Crippen molar-refractivity contribution >= 4 is 39.1 Å². The zero-order valence-electron chi connectivity index (χ0n) is 14.4. The lowest BCUT2D eigenvalue weighted by molar-refractivity contribution is 0.0946. The van der Waals surface area contributed by atoms with Crippen LogP contribution in [0, 0.1) is 5.82 Å². The normalized spacial score (nSPS) is 10.9. The Morgan fingerprint density at radius 2 is 1.89 bits per heavy atom. The molecule has 0 aliphatic rings. The molecule has 0 aliphatic carbocycles. The molecule has 3 aromatic carbocycles. The first-order chi connectivity index (χ1) is 13.5. The number of hydrogen-bond acceptors (Lipinski definition) is 4. The number of fused-ring (bicyclic) bond motifs is 1. The summed E-state index contributed by atoms with van der Waals surface area (Å²) in [5.41, 5.74) is 1.63. The second kappa shape index (κ2) is 7.58. The molecule has 1 heterocycles. The van der Waals surface area contributed by atoms with Crippen LogP contribution in [0.2, 0.25) is 5.02 Å². The minimum atomic E-state index is -0.722. The number of para-hydroxylation sites is 1. The first kappa shape index (κ1) is 18.4. The van der Waals surface area contributed by atoms with Crippen LogP contribution in [0.5, 0.6) is 5.75 Å². The Morgan fingerprint density at radius 1 is 1.14 bits per heavy atom. The molecule has 4 nitrogen and oxygen atoms in total. The third-order valence-electron chi connectivity index (χ3n) is 4.22. The standard InChI is InChI=1S/C21H14ClFN2O2S/c22-13-7-5-12(6-8-13)11-24-20(27)14-10-18(26)15(9-16(14)23)21-25-17-3-1-2-4-19(17)28-21/h1-10,26H,11H2,(H,24,27). The van der Waals surface area contributed by atoms with Crippen molar-refractivity contribution in [2.24, 2.45) is 0 Å². The lowest BCUT2D eigenvalue weighted by Crippen LogP contribution is -2.23. The van der Waals surface area contributed by atoms with Crippen molar-refractivity contribution in [2.75, 3.05) is 0 Å². The van der Waals surface area contributed by atoms with Crippen molar-refractivity contribution in [1.29, 1.82) is 0 Å². The fourth-order valence-electron chi connectivity index (χ4n) is 2.77. The van der Waals surface area contributed by atoms with Crippen molar-refractivity contribution in [3.8, 4) is 16.3 Å². The highest BCUT2D eigenvalue weighted by molar-refractivity contribution is 7.21. The number of aromatic hydroxyl groups is 1. The molecule has 140 valence electrons.